The van der Waals surface area contributed by atoms with Crippen LogP contribution >= 0.6 is 0 Å². The van der Waals surface area contributed by atoms with Crippen molar-refractivity contribution >= 4 is 0 Å². The Morgan fingerprint density at radius 2 is 1.70 bits per heavy atom. The highest BCUT2D eigenvalue weighted by atomic mass is 16.5. The van der Waals surface area contributed by atoms with E-state index < -0.39 is 0 Å². The maximum absolute atomic E-state index is 5.60. The van der Waals surface area contributed by atoms with Crippen molar-refractivity contribution in [2.75, 3.05) is 27.2 Å². The van der Waals surface area contributed by atoms with E-state index in [0.717, 1.165) is 6.42 Å². The maximum Gasteiger partial charge on any atom is 0.0623 e. The molecule has 1 fully saturated rings. The van der Waals surface area contributed by atoms with Gasteiger partial charge in [0.15, 0.2) is 0 Å². The summed E-state index contributed by atoms with van der Waals surface area (Å²) in [5.74, 6) is 0. The Hall–Kier alpha value is -0.120. The number of nitrogens with one attached hydrogen (secondary N) is 1. The van der Waals surface area contributed by atoms with Crippen LogP contribution in [-0.2, 0) is 4.74 Å². The minimum absolute atomic E-state index is 0.0205. The monoisotopic (exact) mass is 284 g/mol. The Labute approximate surface area is 126 Å². The Balaban J connectivity index is 2.80. The lowest BCUT2D eigenvalue weighted by Gasteiger charge is -2.47. The molecule has 120 valence electrons. The van der Waals surface area contributed by atoms with Gasteiger partial charge >= 0.3 is 0 Å². The molecule has 0 saturated carbocycles. The topological polar surface area (TPSA) is 24.5 Å². The molecule has 0 aliphatic carbocycles. The van der Waals surface area contributed by atoms with Crippen molar-refractivity contribution < 1.29 is 4.74 Å². The van der Waals surface area contributed by atoms with Gasteiger partial charge in [0.05, 0.1) is 5.60 Å². The Morgan fingerprint density at radius 3 is 2.10 bits per heavy atom. The molecule has 1 N–H and O–H groups in total. The second kappa shape index (κ2) is 7.77. The second-order valence-corrected chi connectivity index (χ2v) is 6.85. The smallest absolute Gasteiger partial charge is 0.0623 e. The zero-order chi connectivity index (χ0) is 15.2. The van der Waals surface area contributed by atoms with E-state index in [4.69, 9.17) is 4.74 Å². The average Bonchev–Trinajstić information content (AvgIpc) is 2.98. The van der Waals surface area contributed by atoms with Crippen molar-refractivity contribution in [2.45, 2.75) is 83.4 Å². The first kappa shape index (κ1) is 17.9. The van der Waals surface area contributed by atoms with Gasteiger partial charge in [-0.1, -0.05) is 13.8 Å². The Morgan fingerprint density at radius 1 is 1.15 bits per heavy atom. The summed E-state index contributed by atoms with van der Waals surface area (Å²) in [4.78, 5) is 2.74. The minimum Gasteiger partial charge on any atom is -0.379 e. The van der Waals surface area contributed by atoms with E-state index in [2.05, 4.69) is 45.0 Å². The van der Waals surface area contributed by atoms with Crippen molar-refractivity contribution in [1.29, 1.82) is 0 Å². The van der Waals surface area contributed by atoms with Gasteiger partial charge in [0.2, 0.25) is 0 Å². The summed E-state index contributed by atoms with van der Waals surface area (Å²) in [6, 6.07) is 0.546. The molecule has 1 atom stereocenters. The van der Waals surface area contributed by atoms with Gasteiger partial charge in [0.1, 0.15) is 0 Å². The van der Waals surface area contributed by atoms with Crippen LogP contribution in [0.25, 0.3) is 0 Å². The van der Waals surface area contributed by atoms with Crippen LogP contribution in [0.2, 0.25) is 0 Å². The standard InChI is InChI=1S/C17H36N2O/c1-7-17(8-2,19-13-9-10-14-19)15(18-5)11-12-16(3,4)20-6/h15,18H,7-14H2,1-6H3. The predicted molar refractivity (Wildman–Crippen MR) is 87.3 cm³/mol. The van der Waals surface area contributed by atoms with E-state index in [-0.39, 0.29) is 5.60 Å². The van der Waals surface area contributed by atoms with Crippen LogP contribution in [0, 0.1) is 0 Å². The number of rotatable bonds is 9. The molecule has 0 bridgehead atoms. The first-order valence-corrected chi connectivity index (χ1v) is 8.43. The average molecular weight is 284 g/mol. The van der Waals surface area contributed by atoms with Crippen molar-refractivity contribution in [2.24, 2.45) is 0 Å². The fourth-order valence-corrected chi connectivity index (χ4v) is 3.85. The normalized spacial score (nSPS) is 19.5. The van der Waals surface area contributed by atoms with Crippen molar-refractivity contribution in [3.05, 3.63) is 0 Å². The zero-order valence-corrected chi connectivity index (χ0v) is 14.6. The molecule has 1 rings (SSSR count). The summed E-state index contributed by atoms with van der Waals surface area (Å²) < 4.78 is 5.60. The van der Waals surface area contributed by atoms with Crippen LogP contribution in [0.1, 0.15) is 66.2 Å². The van der Waals surface area contributed by atoms with E-state index in [1.54, 1.807) is 0 Å². The lowest BCUT2D eigenvalue weighted by atomic mass is 9.79. The molecule has 0 radical (unpaired) electrons. The lowest BCUT2D eigenvalue weighted by Crippen LogP contribution is -2.59. The lowest BCUT2D eigenvalue weighted by molar-refractivity contribution is -0.0000949. The fourth-order valence-electron chi connectivity index (χ4n) is 3.85. The third-order valence-electron chi connectivity index (χ3n) is 5.55. The summed E-state index contributed by atoms with van der Waals surface area (Å²) in [6.07, 6.45) is 7.45. The van der Waals surface area contributed by atoms with Gasteiger partial charge in [0.25, 0.3) is 0 Å². The highest BCUT2D eigenvalue weighted by Gasteiger charge is 2.41. The number of nitrogens with zero attached hydrogens (tertiary/aromatic N) is 1. The van der Waals surface area contributed by atoms with Crippen LogP contribution in [0.15, 0.2) is 0 Å². The van der Waals surface area contributed by atoms with Gasteiger partial charge in [-0.3, -0.25) is 4.90 Å². The number of ether oxygens (including phenoxy) is 1. The van der Waals surface area contributed by atoms with Crippen LogP contribution < -0.4 is 5.32 Å². The number of likely N-dealkylation sites (N-methyl/N-ethyl adjacent to an activating group) is 1. The van der Waals surface area contributed by atoms with Crippen LogP contribution in [0.3, 0.4) is 0 Å². The quantitative estimate of drug-likeness (QED) is 0.702. The van der Waals surface area contributed by atoms with Crippen molar-refractivity contribution in [3.63, 3.8) is 0 Å². The van der Waals surface area contributed by atoms with Crippen LogP contribution in [0.5, 0.6) is 0 Å². The molecule has 0 amide bonds. The number of hydrogen-bond donors (Lipinski definition) is 1. The SMILES string of the molecule is CCC(CC)(C(CCC(C)(C)OC)NC)N1CCCC1. The highest BCUT2D eigenvalue weighted by Crippen LogP contribution is 2.34. The number of hydrogen-bond acceptors (Lipinski definition) is 3. The molecule has 3 heteroatoms. The van der Waals surface area contributed by atoms with Crippen LogP contribution in [0.4, 0.5) is 0 Å². The largest absolute Gasteiger partial charge is 0.379 e. The Bertz CT molecular complexity index is 268. The maximum atomic E-state index is 5.60. The summed E-state index contributed by atoms with van der Waals surface area (Å²) in [7, 11) is 3.95. The third-order valence-corrected chi connectivity index (χ3v) is 5.55. The molecule has 1 heterocycles. The molecular weight excluding hydrogens is 248 g/mol. The van der Waals surface area contributed by atoms with Gasteiger partial charge in [0, 0.05) is 18.7 Å². The molecule has 3 nitrogen and oxygen atoms in total. The molecule has 1 aliphatic rings. The molecule has 1 aliphatic heterocycles. The number of methoxy groups -OCH3 is 1. The molecule has 0 aromatic rings. The van der Waals surface area contributed by atoms with E-state index in [1.165, 1.54) is 45.2 Å². The fraction of sp³-hybridized carbons (Fsp3) is 1.00. The van der Waals surface area contributed by atoms with E-state index in [1.807, 2.05) is 7.11 Å². The summed E-state index contributed by atoms with van der Waals surface area (Å²) in [6.45, 7) is 11.6. The van der Waals surface area contributed by atoms with Gasteiger partial charge in [-0.05, 0) is 72.5 Å². The van der Waals surface area contributed by atoms with Gasteiger partial charge in [-0.2, -0.15) is 0 Å². The summed E-state index contributed by atoms with van der Waals surface area (Å²) >= 11 is 0. The van der Waals surface area contributed by atoms with Crippen LogP contribution in [-0.4, -0.2) is 49.3 Å². The molecule has 0 aromatic carbocycles. The Kier molecular flexibility index (Phi) is 6.96. The van der Waals surface area contributed by atoms with E-state index in [0.29, 0.717) is 11.6 Å². The summed E-state index contributed by atoms with van der Waals surface area (Å²) in [5.41, 5.74) is 0.294. The van der Waals surface area contributed by atoms with E-state index >= 15 is 0 Å². The first-order valence-electron chi connectivity index (χ1n) is 8.43. The van der Waals surface area contributed by atoms with Crippen molar-refractivity contribution in [3.8, 4) is 0 Å². The van der Waals surface area contributed by atoms with Gasteiger partial charge in [-0.25, -0.2) is 0 Å². The first-order chi connectivity index (χ1) is 9.45. The molecule has 20 heavy (non-hydrogen) atoms. The third kappa shape index (κ3) is 3.96. The molecule has 1 saturated heterocycles. The van der Waals surface area contributed by atoms with E-state index in [9.17, 15) is 0 Å². The minimum atomic E-state index is -0.0205. The van der Waals surface area contributed by atoms with Gasteiger partial charge < -0.3 is 10.1 Å². The molecule has 0 aromatic heterocycles. The predicted octanol–water partition coefficient (Wildman–Crippen LogP) is 3.43. The van der Waals surface area contributed by atoms with Gasteiger partial charge in [-0.15, -0.1) is 0 Å². The zero-order valence-electron chi connectivity index (χ0n) is 14.6. The summed E-state index contributed by atoms with van der Waals surface area (Å²) in [5, 5.41) is 3.62. The van der Waals surface area contributed by atoms with Crippen molar-refractivity contribution in [1.82, 2.24) is 10.2 Å². The second-order valence-electron chi connectivity index (χ2n) is 6.85. The molecular formula is C17H36N2O. The number of likely N-dealkylation sites (tertiary alicyclic amines) is 1. The molecule has 0 spiro atoms. The molecule has 1 unspecified atom stereocenters. The highest BCUT2D eigenvalue weighted by molar-refractivity contribution is 5.00.